The van der Waals surface area contributed by atoms with Crippen LogP contribution in [0.1, 0.15) is 17.0 Å². The van der Waals surface area contributed by atoms with Gasteiger partial charge in [-0.15, -0.1) is 0 Å². The number of benzene rings is 1. The maximum Gasteiger partial charge on any atom is 0.422 e. The Labute approximate surface area is 162 Å². The van der Waals surface area contributed by atoms with Crippen LogP contribution in [0.5, 0.6) is 0 Å². The first kappa shape index (κ1) is 19.6. The summed E-state index contributed by atoms with van der Waals surface area (Å²) in [6.45, 7) is -0.327. The largest absolute Gasteiger partial charge is 0.422 e. The fraction of sp³-hybridized carbons (Fsp3) is 0.235. The lowest BCUT2D eigenvalue weighted by molar-refractivity contribution is -0.277. The van der Waals surface area contributed by atoms with E-state index in [2.05, 4.69) is 15.1 Å². The summed E-state index contributed by atoms with van der Waals surface area (Å²) >= 11 is 12.1. The van der Waals surface area contributed by atoms with Crippen LogP contribution in [-0.2, 0) is 12.1 Å². The highest BCUT2D eigenvalue weighted by Gasteiger charge is 2.60. The van der Waals surface area contributed by atoms with E-state index in [4.69, 9.17) is 23.2 Å². The summed E-state index contributed by atoms with van der Waals surface area (Å²) in [5.41, 5.74) is -3.61. The lowest BCUT2D eigenvalue weighted by Gasteiger charge is -2.38. The Bertz CT molecular complexity index is 906. The van der Waals surface area contributed by atoms with Crippen LogP contribution in [0.15, 0.2) is 55.4 Å². The molecule has 1 N–H and O–H groups in total. The number of rotatable bonds is 5. The summed E-state index contributed by atoms with van der Waals surface area (Å²) in [7, 11) is 0. The summed E-state index contributed by atoms with van der Waals surface area (Å²) in [6, 6.07) is 6.59. The van der Waals surface area contributed by atoms with Gasteiger partial charge in [0, 0.05) is 33.9 Å². The van der Waals surface area contributed by atoms with Crippen molar-refractivity contribution in [2.24, 2.45) is 0 Å². The van der Waals surface area contributed by atoms with E-state index in [-0.39, 0.29) is 22.2 Å². The third-order valence-electron chi connectivity index (χ3n) is 4.21. The predicted octanol–water partition coefficient (Wildman–Crippen LogP) is 4.21. The molecule has 0 fully saturated rings. The fourth-order valence-electron chi connectivity index (χ4n) is 2.90. The van der Waals surface area contributed by atoms with Gasteiger partial charge in [-0.25, -0.2) is 4.98 Å². The fourth-order valence-corrected chi connectivity index (χ4v) is 3.44. The van der Waals surface area contributed by atoms with Gasteiger partial charge in [-0.3, -0.25) is 9.67 Å². The number of hydrogen-bond donors (Lipinski definition) is 1. The third-order valence-corrected chi connectivity index (χ3v) is 4.77. The Morgan fingerprint density at radius 1 is 1.15 bits per heavy atom. The van der Waals surface area contributed by atoms with Crippen molar-refractivity contribution < 1.29 is 18.3 Å². The highest BCUT2D eigenvalue weighted by Crippen LogP contribution is 2.50. The quantitative estimate of drug-likeness (QED) is 0.676. The minimum atomic E-state index is -5.02. The first-order valence-electron chi connectivity index (χ1n) is 7.70. The Balaban J connectivity index is 2.22. The molecule has 3 aromatic rings. The number of halogens is 5. The van der Waals surface area contributed by atoms with E-state index in [0.29, 0.717) is 0 Å². The maximum absolute atomic E-state index is 14.2. The van der Waals surface area contributed by atoms with Gasteiger partial charge in [0.25, 0.3) is 0 Å². The molecule has 1 aromatic carbocycles. The van der Waals surface area contributed by atoms with Gasteiger partial charge in [0.05, 0.1) is 6.54 Å². The second-order valence-electron chi connectivity index (χ2n) is 5.84. The summed E-state index contributed by atoms with van der Waals surface area (Å²) in [5.74, 6) is -1.53. The first-order valence-corrected chi connectivity index (χ1v) is 8.46. The molecule has 0 saturated carbocycles. The molecule has 0 aliphatic heterocycles. The Morgan fingerprint density at radius 3 is 2.48 bits per heavy atom. The molecule has 2 atom stereocenters. The van der Waals surface area contributed by atoms with E-state index < -0.39 is 23.3 Å². The normalized spacial score (nSPS) is 15.3. The van der Waals surface area contributed by atoms with Crippen LogP contribution in [0.25, 0.3) is 0 Å². The van der Waals surface area contributed by atoms with Gasteiger partial charge in [0.15, 0.2) is 5.60 Å². The number of pyridine rings is 1. The molecule has 0 aliphatic carbocycles. The molecule has 0 saturated heterocycles. The van der Waals surface area contributed by atoms with E-state index in [0.717, 1.165) is 6.20 Å². The SMILES string of the molecule is OC(c1cccnc1)(C(Cn1cncn1)c1ccc(Cl)cc1Cl)C(F)(F)F. The van der Waals surface area contributed by atoms with E-state index in [1.807, 2.05) is 0 Å². The zero-order valence-corrected chi connectivity index (χ0v) is 15.1. The first-order chi connectivity index (χ1) is 12.7. The molecule has 2 heterocycles. The molecule has 0 spiro atoms. The summed E-state index contributed by atoms with van der Waals surface area (Å²) in [4.78, 5) is 7.47. The van der Waals surface area contributed by atoms with Gasteiger partial charge >= 0.3 is 6.18 Å². The highest BCUT2D eigenvalue weighted by molar-refractivity contribution is 6.35. The van der Waals surface area contributed by atoms with Crippen LogP contribution in [0.2, 0.25) is 10.0 Å². The molecule has 3 rings (SSSR count). The highest BCUT2D eigenvalue weighted by atomic mass is 35.5. The molecule has 2 aromatic heterocycles. The van der Waals surface area contributed by atoms with E-state index in [1.165, 1.54) is 53.9 Å². The third kappa shape index (κ3) is 3.78. The second kappa shape index (κ2) is 7.46. The standard InChI is InChI=1S/C17H13Cl2F3N4O/c18-12-3-4-13(15(19)6-12)14(8-26-10-24-9-25-26)16(27,17(20,21)22)11-2-1-5-23-7-11/h1-7,9-10,14,27H,8H2. The van der Waals surface area contributed by atoms with Crippen LogP contribution in [0.4, 0.5) is 13.2 Å². The summed E-state index contributed by atoms with van der Waals surface area (Å²) in [5, 5.41) is 15.1. The van der Waals surface area contributed by atoms with Crippen molar-refractivity contribution >= 4 is 23.2 Å². The number of hydrogen-bond acceptors (Lipinski definition) is 4. The summed E-state index contributed by atoms with van der Waals surface area (Å²) < 4.78 is 43.7. The molecule has 0 amide bonds. The molecule has 27 heavy (non-hydrogen) atoms. The second-order valence-corrected chi connectivity index (χ2v) is 6.69. The van der Waals surface area contributed by atoms with Crippen molar-refractivity contribution in [1.29, 1.82) is 0 Å². The van der Waals surface area contributed by atoms with Gasteiger partial charge in [0.1, 0.15) is 12.7 Å². The monoisotopic (exact) mass is 416 g/mol. The minimum absolute atomic E-state index is 0.000759. The molecule has 0 bridgehead atoms. The predicted molar refractivity (Wildman–Crippen MR) is 93.4 cm³/mol. The maximum atomic E-state index is 14.2. The number of nitrogens with zero attached hydrogens (tertiary/aromatic N) is 4. The van der Waals surface area contributed by atoms with Gasteiger partial charge in [0.2, 0.25) is 0 Å². The van der Waals surface area contributed by atoms with E-state index in [9.17, 15) is 18.3 Å². The topological polar surface area (TPSA) is 63.8 Å². The van der Waals surface area contributed by atoms with Crippen molar-refractivity contribution in [2.75, 3.05) is 0 Å². The van der Waals surface area contributed by atoms with Gasteiger partial charge in [-0.1, -0.05) is 35.3 Å². The molecular weight excluding hydrogens is 404 g/mol. The molecule has 2 unspecified atom stereocenters. The Morgan fingerprint density at radius 2 is 1.93 bits per heavy atom. The smallest absolute Gasteiger partial charge is 0.376 e. The van der Waals surface area contributed by atoms with Crippen molar-refractivity contribution in [2.45, 2.75) is 24.2 Å². The average molecular weight is 417 g/mol. The zero-order valence-electron chi connectivity index (χ0n) is 13.6. The van der Waals surface area contributed by atoms with E-state index >= 15 is 0 Å². The Hall–Kier alpha value is -2.16. The molecule has 10 heteroatoms. The molecular formula is C17H13Cl2F3N4O. The van der Waals surface area contributed by atoms with Crippen LogP contribution < -0.4 is 0 Å². The minimum Gasteiger partial charge on any atom is -0.376 e. The van der Waals surface area contributed by atoms with Crippen molar-refractivity contribution in [3.63, 3.8) is 0 Å². The number of alkyl halides is 3. The molecule has 0 aliphatic rings. The van der Waals surface area contributed by atoms with Crippen LogP contribution in [0.3, 0.4) is 0 Å². The van der Waals surface area contributed by atoms with Crippen molar-refractivity contribution in [3.8, 4) is 0 Å². The van der Waals surface area contributed by atoms with Gasteiger partial charge < -0.3 is 5.11 Å². The van der Waals surface area contributed by atoms with E-state index in [1.54, 1.807) is 0 Å². The van der Waals surface area contributed by atoms with Crippen LogP contribution >= 0.6 is 23.2 Å². The zero-order chi connectivity index (χ0) is 19.7. The number of aromatic nitrogens is 4. The van der Waals surface area contributed by atoms with Gasteiger partial charge in [-0.05, 0) is 23.8 Å². The van der Waals surface area contributed by atoms with Crippen molar-refractivity contribution in [3.05, 3.63) is 76.6 Å². The number of aliphatic hydroxyl groups is 1. The molecule has 5 nitrogen and oxygen atoms in total. The molecule has 142 valence electrons. The molecule has 0 radical (unpaired) electrons. The lowest BCUT2D eigenvalue weighted by atomic mass is 9.77. The lowest BCUT2D eigenvalue weighted by Crippen LogP contribution is -2.49. The van der Waals surface area contributed by atoms with Crippen LogP contribution in [0, 0.1) is 0 Å². The summed E-state index contributed by atoms with van der Waals surface area (Å²) in [6.07, 6.45) is -0.272. The average Bonchev–Trinajstić information content (AvgIpc) is 3.12. The van der Waals surface area contributed by atoms with Gasteiger partial charge in [-0.2, -0.15) is 18.3 Å². The van der Waals surface area contributed by atoms with Crippen molar-refractivity contribution in [1.82, 2.24) is 19.7 Å². The Kier molecular flexibility index (Phi) is 5.41. The van der Waals surface area contributed by atoms with Crippen LogP contribution in [-0.4, -0.2) is 31.0 Å².